The van der Waals surface area contributed by atoms with Gasteiger partial charge in [-0.25, -0.2) is 13.6 Å². The van der Waals surface area contributed by atoms with Crippen molar-refractivity contribution in [3.63, 3.8) is 0 Å². The molecule has 222 valence electrons. The molecule has 11 heteroatoms. The number of amidine groups is 1. The smallest absolute Gasteiger partial charge is 0.354 e. The van der Waals surface area contributed by atoms with Crippen LogP contribution >= 0.6 is 11.6 Å². The van der Waals surface area contributed by atoms with Gasteiger partial charge in [0, 0.05) is 29.7 Å². The van der Waals surface area contributed by atoms with Crippen LogP contribution in [0.2, 0.25) is 5.02 Å². The number of nitrogens with zero attached hydrogens (tertiary/aromatic N) is 2. The SMILES string of the molecule is C=C[C@H](NCCCNC(C)=N)c1ccc(-n2cc3cc(-c4cc(CCC[C@@H](N)CF)cc(Cl)c4F)[nH]c3nc2=O)cc1. The molecule has 0 amide bonds. The largest absolute Gasteiger partial charge is 0.374 e. The van der Waals surface area contributed by atoms with Crippen LogP contribution in [0.25, 0.3) is 28.0 Å². The zero-order valence-corrected chi connectivity index (χ0v) is 24.3. The summed E-state index contributed by atoms with van der Waals surface area (Å²) in [4.78, 5) is 20.2. The van der Waals surface area contributed by atoms with Crippen molar-refractivity contribution in [1.29, 1.82) is 5.41 Å². The van der Waals surface area contributed by atoms with E-state index in [0.717, 1.165) is 24.1 Å². The molecule has 4 rings (SSSR count). The fourth-order valence-electron chi connectivity index (χ4n) is 4.76. The van der Waals surface area contributed by atoms with E-state index in [1.165, 1.54) is 4.57 Å². The molecule has 6 N–H and O–H groups in total. The van der Waals surface area contributed by atoms with Gasteiger partial charge in [-0.15, -0.1) is 6.58 Å². The molecule has 2 aromatic carbocycles. The van der Waals surface area contributed by atoms with Gasteiger partial charge in [-0.3, -0.25) is 9.98 Å². The number of H-pyrrole nitrogens is 1. The van der Waals surface area contributed by atoms with E-state index < -0.39 is 24.2 Å². The van der Waals surface area contributed by atoms with Crippen LogP contribution in [-0.4, -0.2) is 46.2 Å². The summed E-state index contributed by atoms with van der Waals surface area (Å²) in [7, 11) is 0. The third-order valence-corrected chi connectivity index (χ3v) is 7.27. The number of aryl methyl sites for hydroxylation is 1. The molecule has 0 aliphatic rings. The van der Waals surface area contributed by atoms with Gasteiger partial charge in [-0.1, -0.05) is 29.8 Å². The molecule has 4 aromatic rings. The molecule has 0 radical (unpaired) electrons. The van der Waals surface area contributed by atoms with Crippen LogP contribution in [0, 0.1) is 11.2 Å². The Morgan fingerprint density at radius 1 is 1.24 bits per heavy atom. The highest BCUT2D eigenvalue weighted by Gasteiger charge is 2.16. The third-order valence-electron chi connectivity index (χ3n) is 7.00. The highest BCUT2D eigenvalue weighted by Crippen LogP contribution is 2.31. The molecule has 2 heterocycles. The van der Waals surface area contributed by atoms with Gasteiger partial charge in [0.15, 0.2) is 5.82 Å². The minimum Gasteiger partial charge on any atom is -0.374 e. The van der Waals surface area contributed by atoms with Gasteiger partial charge in [0.2, 0.25) is 0 Å². The summed E-state index contributed by atoms with van der Waals surface area (Å²) >= 11 is 6.20. The second-order valence-electron chi connectivity index (χ2n) is 10.3. The Morgan fingerprint density at radius 2 is 2.00 bits per heavy atom. The van der Waals surface area contributed by atoms with Gasteiger partial charge in [0.25, 0.3) is 0 Å². The number of alkyl halides is 1. The second kappa shape index (κ2) is 14.4. The molecule has 2 aromatic heterocycles. The minimum absolute atomic E-state index is 0.0194. The van der Waals surface area contributed by atoms with Gasteiger partial charge >= 0.3 is 5.69 Å². The first-order chi connectivity index (χ1) is 20.2. The number of benzene rings is 2. The van der Waals surface area contributed by atoms with Crippen LogP contribution in [0.1, 0.15) is 43.4 Å². The second-order valence-corrected chi connectivity index (χ2v) is 10.7. The van der Waals surface area contributed by atoms with E-state index in [4.69, 9.17) is 22.7 Å². The summed E-state index contributed by atoms with van der Waals surface area (Å²) in [6.45, 7) is 6.52. The molecule has 0 bridgehead atoms. The lowest BCUT2D eigenvalue weighted by atomic mass is 10.0. The Kier molecular flexibility index (Phi) is 10.6. The van der Waals surface area contributed by atoms with Crippen molar-refractivity contribution < 1.29 is 8.78 Å². The average Bonchev–Trinajstić information content (AvgIpc) is 3.38. The van der Waals surface area contributed by atoms with Gasteiger partial charge in [0.1, 0.15) is 12.3 Å². The zero-order chi connectivity index (χ0) is 30.2. The highest BCUT2D eigenvalue weighted by atomic mass is 35.5. The maximum atomic E-state index is 15.1. The molecule has 0 saturated heterocycles. The molecule has 2 atom stereocenters. The van der Waals surface area contributed by atoms with Crippen molar-refractivity contribution in [2.45, 2.75) is 44.7 Å². The summed E-state index contributed by atoms with van der Waals surface area (Å²) in [5, 5.41) is 14.5. The number of halogens is 3. The maximum absolute atomic E-state index is 15.1. The van der Waals surface area contributed by atoms with Gasteiger partial charge < -0.3 is 21.4 Å². The fraction of sp³-hybridized carbons (Fsp3) is 0.323. The van der Waals surface area contributed by atoms with Gasteiger partial charge in [-0.2, -0.15) is 4.98 Å². The van der Waals surface area contributed by atoms with E-state index in [-0.39, 0.29) is 16.6 Å². The van der Waals surface area contributed by atoms with Gasteiger partial charge in [0.05, 0.1) is 28.3 Å². The van der Waals surface area contributed by atoms with Crippen LogP contribution in [0.3, 0.4) is 0 Å². The fourth-order valence-corrected chi connectivity index (χ4v) is 5.00. The third kappa shape index (κ3) is 7.70. The molecule has 0 saturated carbocycles. The van der Waals surface area contributed by atoms with Crippen LogP contribution in [0.4, 0.5) is 8.78 Å². The Bertz CT molecular complexity index is 1600. The summed E-state index contributed by atoms with van der Waals surface area (Å²) in [6.07, 6.45) is 6.08. The Morgan fingerprint density at radius 3 is 2.69 bits per heavy atom. The molecule has 0 aliphatic heterocycles. The standard InChI is InChI=1S/C31H36ClF2N7O/c1-3-27(38-13-5-12-37-19(2)35)21-8-10-24(11-9-21)41-18-22-16-28(39-30(22)40-31(41)42)25-14-20(15-26(32)29(25)34)6-4-7-23(36)17-33/h3,8-11,14-16,18,23,27,38H,1,4-7,12-13,17,36H2,2H3,(H2,35,37)(H,39,40,42)/t23-,27+/m1/s1. The molecular weight excluding hydrogens is 560 g/mol. The van der Waals surface area contributed by atoms with E-state index in [2.05, 4.69) is 27.2 Å². The van der Waals surface area contributed by atoms with E-state index in [9.17, 15) is 9.18 Å². The number of fused-ring (bicyclic) bond motifs is 1. The lowest BCUT2D eigenvalue weighted by Crippen LogP contribution is -2.26. The van der Waals surface area contributed by atoms with E-state index >= 15 is 4.39 Å². The number of rotatable bonds is 14. The first kappa shape index (κ1) is 31.1. The lowest BCUT2D eigenvalue weighted by molar-refractivity contribution is 0.407. The molecule has 0 fully saturated rings. The number of hydrogen-bond donors (Lipinski definition) is 5. The number of hydrogen-bond acceptors (Lipinski definition) is 5. The molecule has 42 heavy (non-hydrogen) atoms. The number of aromatic nitrogens is 3. The van der Waals surface area contributed by atoms with Crippen LogP contribution < -0.4 is 22.1 Å². The summed E-state index contributed by atoms with van der Waals surface area (Å²) in [6, 6.07) is 12.0. The van der Waals surface area contributed by atoms with E-state index in [0.29, 0.717) is 54.1 Å². The molecule has 0 spiro atoms. The van der Waals surface area contributed by atoms with Crippen molar-refractivity contribution in [2.75, 3.05) is 19.8 Å². The van der Waals surface area contributed by atoms with Crippen molar-refractivity contribution in [2.24, 2.45) is 5.73 Å². The van der Waals surface area contributed by atoms with Crippen molar-refractivity contribution >= 4 is 28.5 Å². The zero-order valence-electron chi connectivity index (χ0n) is 23.5. The number of aromatic amines is 1. The summed E-state index contributed by atoms with van der Waals surface area (Å²) in [5.41, 5.74) is 8.67. The van der Waals surface area contributed by atoms with Crippen molar-refractivity contribution in [3.05, 3.63) is 93.8 Å². The summed E-state index contributed by atoms with van der Waals surface area (Å²) < 4.78 is 29.2. The van der Waals surface area contributed by atoms with E-state index in [1.807, 2.05) is 30.3 Å². The monoisotopic (exact) mass is 595 g/mol. The number of nitrogens with two attached hydrogens (primary N) is 1. The molecular formula is C31H36ClF2N7O. The predicted octanol–water partition coefficient (Wildman–Crippen LogP) is 5.59. The van der Waals surface area contributed by atoms with Crippen LogP contribution in [0.5, 0.6) is 0 Å². The lowest BCUT2D eigenvalue weighted by Gasteiger charge is -2.16. The first-order valence-electron chi connectivity index (χ1n) is 13.9. The van der Waals surface area contributed by atoms with Gasteiger partial charge in [-0.05, 0) is 80.6 Å². The molecule has 0 aliphatic carbocycles. The normalized spacial score (nSPS) is 12.8. The van der Waals surface area contributed by atoms with Crippen molar-refractivity contribution in [3.8, 4) is 16.9 Å². The van der Waals surface area contributed by atoms with Crippen LogP contribution in [0.15, 0.2) is 66.1 Å². The average molecular weight is 596 g/mol. The maximum Gasteiger partial charge on any atom is 0.354 e. The minimum atomic E-state index is -0.582. The molecule has 8 nitrogen and oxygen atoms in total. The van der Waals surface area contributed by atoms with Crippen molar-refractivity contribution in [1.82, 2.24) is 25.2 Å². The summed E-state index contributed by atoms with van der Waals surface area (Å²) in [5.74, 6) is -0.135. The topological polar surface area (TPSA) is 125 Å². The Balaban J connectivity index is 1.53. The Labute approximate surface area is 248 Å². The first-order valence-corrected chi connectivity index (χ1v) is 14.3. The van der Waals surface area contributed by atoms with Crippen LogP contribution in [-0.2, 0) is 6.42 Å². The molecule has 0 unspecified atom stereocenters. The number of nitrogens with one attached hydrogen (secondary N) is 4. The quantitative estimate of drug-likeness (QED) is 0.0563. The van der Waals surface area contributed by atoms with E-state index in [1.54, 1.807) is 31.3 Å². The Hall–Kier alpha value is -3.86. The predicted molar refractivity (Wildman–Crippen MR) is 166 cm³/mol. The highest BCUT2D eigenvalue weighted by molar-refractivity contribution is 6.31.